The number of thiazole rings is 1. The lowest BCUT2D eigenvalue weighted by Gasteiger charge is -2.03. The van der Waals surface area contributed by atoms with Gasteiger partial charge in [0, 0.05) is 17.6 Å². The Morgan fingerprint density at radius 2 is 2.31 bits per heavy atom. The Morgan fingerprint density at radius 3 is 3.00 bits per heavy atom. The van der Waals surface area contributed by atoms with Gasteiger partial charge >= 0.3 is 0 Å². The molecule has 1 atom stereocenters. The predicted molar refractivity (Wildman–Crippen MR) is 66.4 cm³/mol. The Hall–Kier alpha value is -1.42. The Kier molecular flexibility index (Phi) is 3.19. The molecular weight excluding hydrogens is 220 g/mol. The van der Waals surface area contributed by atoms with E-state index in [-0.39, 0.29) is 5.56 Å². The molecule has 16 heavy (non-hydrogen) atoms. The van der Waals surface area contributed by atoms with Crippen LogP contribution in [0.1, 0.15) is 31.9 Å². The van der Waals surface area contributed by atoms with E-state index < -0.39 is 0 Å². The first-order valence-corrected chi connectivity index (χ1v) is 6.23. The van der Waals surface area contributed by atoms with E-state index in [9.17, 15) is 4.79 Å². The third-order valence-corrected chi connectivity index (χ3v) is 3.51. The van der Waals surface area contributed by atoms with Crippen LogP contribution in [0.2, 0.25) is 0 Å². The van der Waals surface area contributed by atoms with Gasteiger partial charge in [-0.05, 0) is 18.4 Å². The molecule has 0 N–H and O–H groups in total. The standard InChI is InChI=1S/C12H14N2OS/c1-3-9(2)10-8-16-12(13-10)14-7-5-4-6-11(14)15/h4-9H,3H2,1-2H3. The zero-order valence-electron chi connectivity index (χ0n) is 9.38. The van der Waals surface area contributed by atoms with Crippen LogP contribution in [-0.4, -0.2) is 9.55 Å². The van der Waals surface area contributed by atoms with Crippen LogP contribution < -0.4 is 5.56 Å². The van der Waals surface area contributed by atoms with E-state index >= 15 is 0 Å². The number of pyridine rings is 1. The van der Waals surface area contributed by atoms with Gasteiger partial charge < -0.3 is 0 Å². The molecule has 0 aliphatic carbocycles. The highest BCUT2D eigenvalue weighted by atomic mass is 32.1. The minimum absolute atomic E-state index is 0.0347. The maximum Gasteiger partial charge on any atom is 0.256 e. The fourth-order valence-corrected chi connectivity index (χ4v) is 2.34. The van der Waals surface area contributed by atoms with E-state index in [4.69, 9.17) is 0 Å². The second kappa shape index (κ2) is 4.61. The maximum atomic E-state index is 11.6. The highest BCUT2D eigenvalue weighted by Crippen LogP contribution is 2.22. The number of rotatable bonds is 3. The number of hydrogen-bond acceptors (Lipinski definition) is 3. The van der Waals surface area contributed by atoms with Crippen molar-refractivity contribution in [3.05, 3.63) is 45.8 Å². The lowest BCUT2D eigenvalue weighted by molar-refractivity contribution is 0.710. The molecule has 3 nitrogen and oxygen atoms in total. The van der Waals surface area contributed by atoms with Gasteiger partial charge in [0.1, 0.15) is 0 Å². The van der Waals surface area contributed by atoms with Crippen LogP contribution in [0.25, 0.3) is 5.13 Å². The van der Waals surface area contributed by atoms with Crippen LogP contribution in [0.5, 0.6) is 0 Å². The van der Waals surface area contributed by atoms with E-state index in [1.165, 1.54) is 11.3 Å². The minimum atomic E-state index is -0.0347. The summed E-state index contributed by atoms with van der Waals surface area (Å²) in [5.41, 5.74) is 1.03. The quantitative estimate of drug-likeness (QED) is 0.818. The molecule has 0 radical (unpaired) electrons. The molecule has 2 heterocycles. The molecule has 0 saturated heterocycles. The highest BCUT2D eigenvalue weighted by molar-refractivity contribution is 7.12. The van der Waals surface area contributed by atoms with Crippen molar-refractivity contribution in [2.75, 3.05) is 0 Å². The highest BCUT2D eigenvalue weighted by Gasteiger charge is 2.09. The topological polar surface area (TPSA) is 34.9 Å². The summed E-state index contributed by atoms with van der Waals surface area (Å²) < 4.78 is 1.58. The van der Waals surface area contributed by atoms with Gasteiger partial charge in [0.05, 0.1) is 5.69 Å². The Morgan fingerprint density at radius 1 is 1.50 bits per heavy atom. The van der Waals surface area contributed by atoms with Gasteiger partial charge in [0.2, 0.25) is 0 Å². The molecule has 2 aromatic heterocycles. The molecule has 0 amide bonds. The summed E-state index contributed by atoms with van der Waals surface area (Å²) in [7, 11) is 0. The zero-order valence-corrected chi connectivity index (χ0v) is 10.2. The summed E-state index contributed by atoms with van der Waals surface area (Å²) >= 11 is 1.51. The van der Waals surface area contributed by atoms with Crippen LogP contribution in [-0.2, 0) is 0 Å². The molecule has 0 spiro atoms. The zero-order chi connectivity index (χ0) is 11.5. The molecule has 0 bridgehead atoms. The second-order valence-electron chi connectivity index (χ2n) is 3.77. The van der Waals surface area contributed by atoms with E-state index in [1.807, 2.05) is 11.4 Å². The number of aromatic nitrogens is 2. The first kappa shape index (κ1) is 11.1. The van der Waals surface area contributed by atoms with Crippen LogP contribution >= 0.6 is 11.3 Å². The van der Waals surface area contributed by atoms with E-state index in [0.717, 1.165) is 17.2 Å². The molecule has 0 saturated carbocycles. The third-order valence-electron chi connectivity index (χ3n) is 2.66. The van der Waals surface area contributed by atoms with Gasteiger partial charge in [0.15, 0.2) is 5.13 Å². The SMILES string of the molecule is CCC(C)c1csc(-n2ccccc2=O)n1. The molecule has 4 heteroatoms. The first-order chi connectivity index (χ1) is 7.72. The van der Waals surface area contributed by atoms with Crippen molar-refractivity contribution < 1.29 is 0 Å². The molecule has 0 aliphatic rings. The van der Waals surface area contributed by atoms with Crippen molar-refractivity contribution in [3.8, 4) is 5.13 Å². The molecule has 0 aliphatic heterocycles. The van der Waals surface area contributed by atoms with Gasteiger partial charge in [-0.1, -0.05) is 19.9 Å². The lowest BCUT2D eigenvalue weighted by atomic mass is 10.1. The lowest BCUT2D eigenvalue weighted by Crippen LogP contribution is -2.15. The fourth-order valence-electron chi connectivity index (χ4n) is 1.41. The van der Waals surface area contributed by atoms with Crippen molar-refractivity contribution in [2.24, 2.45) is 0 Å². The molecule has 2 rings (SSSR count). The van der Waals surface area contributed by atoms with Crippen molar-refractivity contribution in [1.29, 1.82) is 0 Å². The van der Waals surface area contributed by atoms with Crippen molar-refractivity contribution >= 4 is 11.3 Å². The largest absolute Gasteiger partial charge is 0.269 e. The summed E-state index contributed by atoms with van der Waals surface area (Å²) in [4.78, 5) is 16.1. The van der Waals surface area contributed by atoms with Gasteiger partial charge in [-0.15, -0.1) is 11.3 Å². The normalized spacial score (nSPS) is 12.6. The molecule has 0 aromatic carbocycles. The second-order valence-corrected chi connectivity index (χ2v) is 4.61. The van der Waals surface area contributed by atoms with E-state index in [1.54, 1.807) is 22.9 Å². The number of hydrogen-bond donors (Lipinski definition) is 0. The molecule has 1 unspecified atom stereocenters. The molecule has 84 valence electrons. The summed E-state index contributed by atoms with van der Waals surface area (Å²) in [5.74, 6) is 0.449. The van der Waals surface area contributed by atoms with Crippen molar-refractivity contribution in [3.63, 3.8) is 0 Å². The van der Waals surface area contributed by atoms with Crippen LogP contribution in [0.4, 0.5) is 0 Å². The Bertz CT molecular complexity index is 530. The van der Waals surface area contributed by atoms with Crippen molar-refractivity contribution in [1.82, 2.24) is 9.55 Å². The van der Waals surface area contributed by atoms with Gasteiger partial charge in [-0.2, -0.15) is 0 Å². The van der Waals surface area contributed by atoms with Crippen LogP contribution in [0.15, 0.2) is 34.6 Å². The van der Waals surface area contributed by atoms with Crippen LogP contribution in [0, 0.1) is 0 Å². The summed E-state index contributed by atoms with van der Waals surface area (Å²) in [6.07, 6.45) is 2.81. The Balaban J connectivity index is 2.39. The van der Waals surface area contributed by atoms with E-state index in [2.05, 4.69) is 18.8 Å². The van der Waals surface area contributed by atoms with Crippen molar-refractivity contribution in [2.45, 2.75) is 26.2 Å². The summed E-state index contributed by atoms with van der Waals surface area (Å²) in [6.45, 7) is 4.28. The molecular formula is C12H14N2OS. The maximum absolute atomic E-state index is 11.6. The average molecular weight is 234 g/mol. The van der Waals surface area contributed by atoms with Gasteiger partial charge in [-0.3, -0.25) is 9.36 Å². The van der Waals surface area contributed by atoms with E-state index in [0.29, 0.717) is 5.92 Å². The van der Waals surface area contributed by atoms with Gasteiger partial charge in [0.25, 0.3) is 5.56 Å². The summed E-state index contributed by atoms with van der Waals surface area (Å²) in [5, 5.41) is 2.78. The minimum Gasteiger partial charge on any atom is -0.269 e. The predicted octanol–water partition coefficient (Wildman–Crippen LogP) is 2.81. The number of nitrogens with zero attached hydrogens (tertiary/aromatic N) is 2. The smallest absolute Gasteiger partial charge is 0.256 e. The van der Waals surface area contributed by atoms with Gasteiger partial charge in [-0.25, -0.2) is 4.98 Å². The average Bonchev–Trinajstić information content (AvgIpc) is 2.78. The monoisotopic (exact) mass is 234 g/mol. The molecule has 2 aromatic rings. The fraction of sp³-hybridized carbons (Fsp3) is 0.333. The third kappa shape index (κ3) is 2.07. The summed E-state index contributed by atoms with van der Waals surface area (Å²) in [6, 6.07) is 5.12. The van der Waals surface area contributed by atoms with Crippen LogP contribution in [0.3, 0.4) is 0 Å². The molecule has 0 fully saturated rings. The Labute approximate surface area is 98.4 Å². The first-order valence-electron chi connectivity index (χ1n) is 5.36.